The highest BCUT2D eigenvalue weighted by atomic mass is 32.2. The Bertz CT molecular complexity index is 1440. The molecule has 4 aromatic rings. The monoisotopic (exact) mass is 493 g/mol. The van der Waals surface area contributed by atoms with Crippen LogP contribution in [0.25, 0.3) is 11.3 Å². The number of nitrogens with zero attached hydrogens (tertiary/aromatic N) is 1. The maximum absolute atomic E-state index is 13.9. The van der Waals surface area contributed by atoms with E-state index in [4.69, 9.17) is 4.42 Å². The fourth-order valence-corrected chi connectivity index (χ4v) is 4.74. The zero-order valence-corrected chi connectivity index (χ0v) is 20.0. The number of carbonyl (C=O) groups is 1. The molecule has 7 nitrogen and oxygen atoms in total. The number of aryl methyl sites for hydroxylation is 3. The molecule has 9 heteroatoms. The number of halogens is 1. The van der Waals surface area contributed by atoms with E-state index >= 15 is 0 Å². The minimum atomic E-state index is -3.78. The van der Waals surface area contributed by atoms with Gasteiger partial charge in [-0.05, 0) is 61.4 Å². The summed E-state index contributed by atoms with van der Waals surface area (Å²) in [5.74, 6) is -0.0928. The number of para-hydroxylation sites is 1. The van der Waals surface area contributed by atoms with Crippen LogP contribution in [0, 0.1) is 19.7 Å². The number of carbonyl (C=O) groups excluding carboxylic acids is 1. The number of aromatic nitrogens is 1. The number of sulfonamides is 1. The number of benzene rings is 3. The van der Waals surface area contributed by atoms with Crippen LogP contribution >= 0.6 is 0 Å². The number of oxazole rings is 1. The molecule has 3 aromatic carbocycles. The summed E-state index contributed by atoms with van der Waals surface area (Å²) in [4.78, 5) is 16.5. The Labute approximate surface area is 203 Å². The number of hydrogen-bond acceptors (Lipinski definition) is 5. The fraction of sp³-hybridized carbons (Fsp3) is 0.154. The molecule has 2 N–H and O–H groups in total. The van der Waals surface area contributed by atoms with E-state index in [9.17, 15) is 17.6 Å². The summed E-state index contributed by atoms with van der Waals surface area (Å²) in [7, 11) is -3.78. The number of amides is 1. The minimum Gasteiger partial charge on any atom is -0.441 e. The highest BCUT2D eigenvalue weighted by molar-refractivity contribution is 7.92. The third kappa shape index (κ3) is 5.75. The second-order valence-corrected chi connectivity index (χ2v) is 9.73. The van der Waals surface area contributed by atoms with Gasteiger partial charge in [-0.1, -0.05) is 30.3 Å². The van der Waals surface area contributed by atoms with E-state index in [1.165, 1.54) is 36.5 Å². The van der Waals surface area contributed by atoms with Crippen molar-refractivity contribution >= 4 is 27.3 Å². The van der Waals surface area contributed by atoms with Crippen molar-refractivity contribution in [1.29, 1.82) is 0 Å². The molecule has 0 fully saturated rings. The van der Waals surface area contributed by atoms with Crippen molar-refractivity contribution in [3.8, 4) is 11.3 Å². The van der Waals surface area contributed by atoms with Gasteiger partial charge in [-0.3, -0.25) is 9.52 Å². The zero-order valence-electron chi connectivity index (χ0n) is 19.2. The molecular weight excluding hydrogens is 469 g/mol. The van der Waals surface area contributed by atoms with Crippen LogP contribution in [0.2, 0.25) is 0 Å². The van der Waals surface area contributed by atoms with Crippen LogP contribution in [-0.4, -0.2) is 19.3 Å². The van der Waals surface area contributed by atoms with Crippen molar-refractivity contribution < 1.29 is 22.0 Å². The number of anilines is 2. The third-order valence-corrected chi connectivity index (χ3v) is 6.79. The topological polar surface area (TPSA) is 101 Å². The van der Waals surface area contributed by atoms with Gasteiger partial charge in [0.15, 0.2) is 11.7 Å². The Morgan fingerprint density at radius 2 is 1.66 bits per heavy atom. The Morgan fingerprint density at radius 1 is 0.971 bits per heavy atom. The first kappa shape index (κ1) is 24.2. The lowest BCUT2D eigenvalue weighted by atomic mass is 10.1. The van der Waals surface area contributed by atoms with Gasteiger partial charge in [-0.25, -0.2) is 17.8 Å². The van der Waals surface area contributed by atoms with Crippen molar-refractivity contribution in [1.82, 2.24) is 4.98 Å². The van der Waals surface area contributed by atoms with Crippen LogP contribution in [-0.2, 0) is 21.2 Å². The molecule has 0 unspecified atom stereocenters. The summed E-state index contributed by atoms with van der Waals surface area (Å²) in [6.45, 7) is 3.67. The zero-order chi connectivity index (χ0) is 25.0. The average molecular weight is 494 g/mol. The first-order chi connectivity index (χ1) is 16.7. The number of nitrogens with one attached hydrogen (secondary N) is 2. The molecule has 0 aliphatic rings. The van der Waals surface area contributed by atoms with Crippen LogP contribution in [0.3, 0.4) is 0 Å². The molecule has 1 aromatic heterocycles. The van der Waals surface area contributed by atoms with Gasteiger partial charge in [-0.2, -0.15) is 0 Å². The predicted octanol–water partition coefficient (Wildman–Crippen LogP) is 5.47. The summed E-state index contributed by atoms with van der Waals surface area (Å²) in [6.07, 6.45) is 1.75. The van der Waals surface area contributed by atoms with E-state index in [2.05, 4.69) is 15.0 Å². The van der Waals surface area contributed by atoms with Crippen LogP contribution in [0.5, 0.6) is 0 Å². The minimum absolute atomic E-state index is 0.0820. The first-order valence-electron chi connectivity index (χ1n) is 10.9. The predicted molar refractivity (Wildman–Crippen MR) is 132 cm³/mol. The number of hydrogen-bond donors (Lipinski definition) is 2. The van der Waals surface area contributed by atoms with Gasteiger partial charge in [-0.15, -0.1) is 0 Å². The quantitative estimate of drug-likeness (QED) is 0.339. The normalized spacial score (nSPS) is 11.3. The molecule has 4 rings (SSSR count). The Kier molecular flexibility index (Phi) is 6.97. The van der Waals surface area contributed by atoms with Crippen molar-refractivity contribution in [2.45, 2.75) is 31.6 Å². The molecule has 0 atom stereocenters. The largest absolute Gasteiger partial charge is 0.441 e. The average Bonchev–Trinajstić information content (AvgIpc) is 3.30. The van der Waals surface area contributed by atoms with E-state index in [0.717, 1.165) is 11.1 Å². The van der Waals surface area contributed by atoms with Crippen molar-refractivity contribution in [3.05, 3.63) is 95.8 Å². The van der Waals surface area contributed by atoms with Gasteiger partial charge >= 0.3 is 0 Å². The lowest BCUT2D eigenvalue weighted by molar-refractivity contribution is -0.116. The van der Waals surface area contributed by atoms with Gasteiger partial charge in [0.1, 0.15) is 5.82 Å². The summed E-state index contributed by atoms with van der Waals surface area (Å²) < 4.78 is 47.7. The SMILES string of the molecule is Cc1cccc(C)c1NS(=O)(=O)c1ccc(NC(=O)CCc2ncc(-c3ccccc3F)o2)cc1. The Morgan fingerprint density at radius 3 is 2.34 bits per heavy atom. The molecular formula is C26H24FN3O4S. The van der Waals surface area contributed by atoms with Crippen LogP contribution in [0.1, 0.15) is 23.4 Å². The second-order valence-electron chi connectivity index (χ2n) is 8.04. The molecule has 0 saturated carbocycles. The maximum Gasteiger partial charge on any atom is 0.261 e. The van der Waals surface area contributed by atoms with Gasteiger partial charge in [0.25, 0.3) is 10.0 Å². The summed E-state index contributed by atoms with van der Waals surface area (Å²) in [5.41, 5.74) is 2.96. The summed E-state index contributed by atoms with van der Waals surface area (Å²) in [6, 6.07) is 17.7. The molecule has 0 radical (unpaired) electrons. The molecule has 0 aliphatic heterocycles. The molecule has 1 heterocycles. The Balaban J connectivity index is 1.35. The van der Waals surface area contributed by atoms with E-state index in [0.29, 0.717) is 28.6 Å². The molecule has 0 saturated heterocycles. The van der Waals surface area contributed by atoms with Crippen molar-refractivity contribution in [2.75, 3.05) is 10.0 Å². The smallest absolute Gasteiger partial charge is 0.261 e. The molecule has 35 heavy (non-hydrogen) atoms. The van der Waals surface area contributed by atoms with Gasteiger partial charge in [0.05, 0.1) is 22.3 Å². The van der Waals surface area contributed by atoms with Gasteiger partial charge < -0.3 is 9.73 Å². The standard InChI is InChI=1S/C26H24FN3O4S/c1-17-6-5-7-18(2)26(17)30-35(32,33)20-12-10-19(11-13-20)29-24(31)14-15-25-28-16-23(34-25)21-8-3-4-9-22(21)27/h3-13,16,30H,14-15H2,1-2H3,(H,29,31). The molecule has 180 valence electrons. The molecule has 1 amide bonds. The van der Waals surface area contributed by atoms with Crippen LogP contribution in [0.4, 0.5) is 15.8 Å². The van der Waals surface area contributed by atoms with Crippen LogP contribution in [0.15, 0.2) is 82.2 Å². The number of rotatable bonds is 8. The third-order valence-electron chi connectivity index (χ3n) is 5.42. The second kappa shape index (κ2) is 10.1. The van der Waals surface area contributed by atoms with Gasteiger partial charge in [0, 0.05) is 18.5 Å². The summed E-state index contributed by atoms with van der Waals surface area (Å²) >= 11 is 0. The van der Waals surface area contributed by atoms with E-state index in [1.807, 2.05) is 32.0 Å². The van der Waals surface area contributed by atoms with Gasteiger partial charge in [0.2, 0.25) is 5.91 Å². The first-order valence-corrected chi connectivity index (χ1v) is 12.4. The lowest BCUT2D eigenvalue weighted by Gasteiger charge is -2.13. The lowest BCUT2D eigenvalue weighted by Crippen LogP contribution is -2.15. The fourth-order valence-electron chi connectivity index (χ4n) is 3.54. The summed E-state index contributed by atoms with van der Waals surface area (Å²) in [5, 5.41) is 2.72. The molecule has 0 spiro atoms. The molecule has 0 bridgehead atoms. The maximum atomic E-state index is 13.9. The van der Waals surface area contributed by atoms with E-state index < -0.39 is 15.8 Å². The Hall–Kier alpha value is -3.98. The highest BCUT2D eigenvalue weighted by Gasteiger charge is 2.17. The van der Waals surface area contributed by atoms with Crippen molar-refractivity contribution in [3.63, 3.8) is 0 Å². The highest BCUT2D eigenvalue weighted by Crippen LogP contribution is 2.25. The van der Waals surface area contributed by atoms with Crippen LogP contribution < -0.4 is 10.0 Å². The van der Waals surface area contributed by atoms with E-state index in [-0.39, 0.29) is 23.6 Å². The van der Waals surface area contributed by atoms with Crippen molar-refractivity contribution in [2.24, 2.45) is 0 Å². The van der Waals surface area contributed by atoms with E-state index in [1.54, 1.807) is 18.2 Å². The molecule has 0 aliphatic carbocycles.